The van der Waals surface area contributed by atoms with E-state index in [4.69, 9.17) is 15.2 Å². The third kappa shape index (κ3) is 3.86. The van der Waals surface area contributed by atoms with Crippen molar-refractivity contribution in [2.75, 3.05) is 0 Å². The number of benzene rings is 1. The maximum atomic E-state index is 11.0. The fourth-order valence-corrected chi connectivity index (χ4v) is 2.00. The number of rotatable bonds is 6. The number of hydrogen-bond donors (Lipinski definition) is 3. The molecule has 0 bridgehead atoms. The third-order valence-electron chi connectivity index (χ3n) is 3.28. The van der Waals surface area contributed by atoms with Gasteiger partial charge in [-0.15, -0.1) is 0 Å². The Bertz CT molecular complexity index is 388. The fourth-order valence-electron chi connectivity index (χ4n) is 2.00. The molecule has 0 saturated carbocycles. The van der Waals surface area contributed by atoms with Gasteiger partial charge in [0.25, 0.3) is 0 Å². The second-order valence-electron chi connectivity index (χ2n) is 4.62. The lowest BCUT2D eigenvalue weighted by molar-refractivity contribution is -0.142. The molecule has 2 atom stereocenters. The summed E-state index contributed by atoms with van der Waals surface area (Å²) in [5.74, 6) is -0.953. The highest BCUT2D eigenvalue weighted by Crippen LogP contribution is 2.24. The summed E-state index contributed by atoms with van der Waals surface area (Å²) in [6, 6.07) is 6.93. The van der Waals surface area contributed by atoms with E-state index >= 15 is 0 Å². The van der Waals surface area contributed by atoms with Crippen LogP contribution in [0, 0.1) is 5.92 Å². The summed E-state index contributed by atoms with van der Waals surface area (Å²) < 4.78 is 0. The molecule has 0 heterocycles. The Morgan fingerprint density at radius 1 is 1.28 bits per heavy atom. The first-order chi connectivity index (χ1) is 8.45. The number of hydrogen-bond acceptors (Lipinski definition) is 3. The minimum Gasteiger partial charge on any atom is -0.481 e. The first-order valence-corrected chi connectivity index (χ1v) is 6.14. The van der Waals surface area contributed by atoms with Gasteiger partial charge in [0.15, 0.2) is 0 Å². The van der Waals surface area contributed by atoms with Gasteiger partial charge in [-0.2, -0.15) is 0 Å². The van der Waals surface area contributed by atoms with Crippen LogP contribution in [0.4, 0.5) is 0 Å². The van der Waals surface area contributed by atoms with E-state index in [2.05, 4.69) is 0 Å². The Hall–Kier alpha value is -1.33. The van der Waals surface area contributed by atoms with Crippen LogP contribution in [-0.4, -0.2) is 28.2 Å². The molecular weight excluding hydrogens is 231 g/mol. The average molecular weight is 250 g/mol. The molecule has 98 valence electrons. The van der Waals surface area contributed by atoms with E-state index < -0.39 is 13.1 Å². The molecule has 0 radical (unpaired) electrons. The molecule has 0 amide bonds. The van der Waals surface area contributed by atoms with Crippen molar-refractivity contribution in [2.24, 2.45) is 5.92 Å². The van der Waals surface area contributed by atoms with Gasteiger partial charge in [-0.1, -0.05) is 38.1 Å². The van der Waals surface area contributed by atoms with Crippen molar-refractivity contribution in [1.82, 2.24) is 0 Å². The van der Waals surface area contributed by atoms with E-state index in [0.29, 0.717) is 18.3 Å². The number of carboxylic acids is 1. The summed E-state index contributed by atoms with van der Waals surface area (Å²) in [6.45, 7) is 3.85. The molecule has 0 fully saturated rings. The molecule has 18 heavy (non-hydrogen) atoms. The standard InChI is InChI=1S/C13H19BO4/c1-3-10(13(15)16)8-9(2)11-4-6-12(7-5-11)14(17)18/h4-7,9-10,17-18H,3,8H2,1-2H3,(H,15,16). The maximum absolute atomic E-state index is 11.0. The molecule has 4 nitrogen and oxygen atoms in total. The number of aliphatic carboxylic acids is 1. The van der Waals surface area contributed by atoms with Crippen molar-refractivity contribution in [3.63, 3.8) is 0 Å². The first kappa shape index (κ1) is 14.7. The first-order valence-electron chi connectivity index (χ1n) is 6.14. The van der Waals surface area contributed by atoms with Gasteiger partial charge in [0.2, 0.25) is 0 Å². The zero-order valence-electron chi connectivity index (χ0n) is 10.7. The Kier molecular flexibility index (Phi) is 5.37. The molecule has 2 unspecified atom stereocenters. The molecule has 1 aromatic carbocycles. The quantitative estimate of drug-likeness (QED) is 0.657. The monoisotopic (exact) mass is 250 g/mol. The molecule has 5 heteroatoms. The summed E-state index contributed by atoms with van der Waals surface area (Å²) >= 11 is 0. The Labute approximate surface area is 107 Å². The Morgan fingerprint density at radius 2 is 1.83 bits per heavy atom. The van der Waals surface area contributed by atoms with Crippen molar-refractivity contribution in [3.05, 3.63) is 29.8 Å². The van der Waals surface area contributed by atoms with Gasteiger partial charge >= 0.3 is 13.1 Å². The van der Waals surface area contributed by atoms with E-state index in [0.717, 1.165) is 5.56 Å². The summed E-state index contributed by atoms with van der Waals surface area (Å²) in [5.41, 5.74) is 1.45. The second-order valence-corrected chi connectivity index (χ2v) is 4.62. The van der Waals surface area contributed by atoms with Crippen molar-refractivity contribution < 1.29 is 19.9 Å². The predicted molar refractivity (Wildman–Crippen MR) is 70.7 cm³/mol. The number of carbonyl (C=O) groups is 1. The fraction of sp³-hybridized carbons (Fsp3) is 0.462. The predicted octanol–water partition coefficient (Wildman–Crippen LogP) is 0.971. The summed E-state index contributed by atoms with van der Waals surface area (Å²) in [4.78, 5) is 11.0. The molecular formula is C13H19BO4. The lowest BCUT2D eigenvalue weighted by Gasteiger charge is -2.17. The van der Waals surface area contributed by atoms with Gasteiger partial charge in [-0.05, 0) is 29.8 Å². The molecule has 0 spiro atoms. The zero-order chi connectivity index (χ0) is 13.7. The van der Waals surface area contributed by atoms with Crippen LogP contribution in [0.25, 0.3) is 0 Å². The maximum Gasteiger partial charge on any atom is 0.488 e. The van der Waals surface area contributed by atoms with E-state index in [9.17, 15) is 4.79 Å². The molecule has 0 saturated heterocycles. The highest BCUT2D eigenvalue weighted by Gasteiger charge is 2.19. The van der Waals surface area contributed by atoms with Crippen LogP contribution in [0.5, 0.6) is 0 Å². The molecule has 1 rings (SSSR count). The van der Waals surface area contributed by atoms with Crippen LogP contribution >= 0.6 is 0 Å². The molecule has 0 aromatic heterocycles. The van der Waals surface area contributed by atoms with E-state index in [1.54, 1.807) is 12.1 Å². The summed E-state index contributed by atoms with van der Waals surface area (Å²) in [6.07, 6.45) is 1.21. The van der Waals surface area contributed by atoms with Gasteiger partial charge in [0.1, 0.15) is 0 Å². The highest BCUT2D eigenvalue weighted by molar-refractivity contribution is 6.58. The number of carboxylic acid groups (broad SMARTS) is 1. The minimum atomic E-state index is -1.46. The topological polar surface area (TPSA) is 77.8 Å². The molecule has 0 aliphatic carbocycles. The van der Waals surface area contributed by atoms with Crippen LogP contribution in [0.15, 0.2) is 24.3 Å². The summed E-state index contributed by atoms with van der Waals surface area (Å²) in [7, 11) is -1.46. The Balaban J connectivity index is 2.72. The van der Waals surface area contributed by atoms with Crippen molar-refractivity contribution in [2.45, 2.75) is 32.6 Å². The van der Waals surface area contributed by atoms with Crippen LogP contribution in [-0.2, 0) is 4.79 Å². The molecule has 3 N–H and O–H groups in total. The van der Waals surface area contributed by atoms with Crippen LogP contribution < -0.4 is 5.46 Å². The molecule has 1 aromatic rings. The van der Waals surface area contributed by atoms with E-state index in [-0.39, 0.29) is 11.8 Å². The van der Waals surface area contributed by atoms with Gasteiger partial charge in [-0.25, -0.2) is 0 Å². The van der Waals surface area contributed by atoms with E-state index in [1.165, 1.54) is 0 Å². The lowest BCUT2D eigenvalue weighted by atomic mass is 9.79. The third-order valence-corrected chi connectivity index (χ3v) is 3.28. The molecule has 0 aliphatic heterocycles. The average Bonchev–Trinajstić information content (AvgIpc) is 2.35. The van der Waals surface area contributed by atoms with Gasteiger partial charge in [-0.3, -0.25) is 4.79 Å². The highest BCUT2D eigenvalue weighted by atomic mass is 16.4. The second kappa shape index (κ2) is 6.57. The van der Waals surface area contributed by atoms with Crippen molar-refractivity contribution >= 4 is 18.6 Å². The van der Waals surface area contributed by atoms with Gasteiger partial charge in [0, 0.05) is 0 Å². The minimum absolute atomic E-state index is 0.135. The van der Waals surface area contributed by atoms with Crippen LogP contribution in [0.1, 0.15) is 38.2 Å². The Morgan fingerprint density at radius 3 is 2.22 bits per heavy atom. The van der Waals surface area contributed by atoms with Gasteiger partial charge in [0.05, 0.1) is 5.92 Å². The lowest BCUT2D eigenvalue weighted by Crippen LogP contribution is -2.29. The van der Waals surface area contributed by atoms with Crippen molar-refractivity contribution in [1.29, 1.82) is 0 Å². The zero-order valence-corrected chi connectivity index (χ0v) is 10.7. The largest absolute Gasteiger partial charge is 0.488 e. The van der Waals surface area contributed by atoms with Gasteiger partial charge < -0.3 is 15.2 Å². The van der Waals surface area contributed by atoms with Crippen LogP contribution in [0.3, 0.4) is 0 Å². The van der Waals surface area contributed by atoms with Crippen molar-refractivity contribution in [3.8, 4) is 0 Å². The molecule has 0 aliphatic rings. The normalized spacial score (nSPS) is 14.0. The SMILES string of the molecule is CCC(CC(C)c1ccc(B(O)O)cc1)C(=O)O. The van der Waals surface area contributed by atoms with E-state index in [1.807, 2.05) is 26.0 Å². The van der Waals surface area contributed by atoms with Crippen LogP contribution in [0.2, 0.25) is 0 Å². The smallest absolute Gasteiger partial charge is 0.481 e. The summed E-state index contributed by atoms with van der Waals surface area (Å²) in [5, 5.41) is 27.0.